The quantitative estimate of drug-likeness (QED) is 0.660. The van der Waals surface area contributed by atoms with Gasteiger partial charge in [0.15, 0.2) is 0 Å². The molecule has 1 aliphatic rings. The zero-order valence-electron chi connectivity index (χ0n) is 7.90. The predicted octanol–water partition coefficient (Wildman–Crippen LogP) is 1.13. The molecule has 1 aromatic rings. The van der Waals surface area contributed by atoms with Gasteiger partial charge in [-0.25, -0.2) is 0 Å². The highest BCUT2D eigenvalue weighted by atomic mass is 16.6. The van der Waals surface area contributed by atoms with Gasteiger partial charge >= 0.3 is 6.15 Å². The third kappa shape index (κ3) is 3.09. The summed E-state index contributed by atoms with van der Waals surface area (Å²) in [7, 11) is 0. The van der Waals surface area contributed by atoms with Crippen LogP contribution in [0.3, 0.4) is 0 Å². The van der Waals surface area contributed by atoms with Crippen LogP contribution in [0.25, 0.3) is 0 Å². The second kappa shape index (κ2) is 5.27. The lowest BCUT2D eigenvalue weighted by molar-refractivity contribution is -0.191. The second-order valence-electron chi connectivity index (χ2n) is 2.85. The summed E-state index contributed by atoms with van der Waals surface area (Å²) in [6.45, 7) is 2.97. The molecule has 1 aliphatic heterocycles. The first-order chi connectivity index (χ1) is 6.81. The molecule has 1 saturated heterocycles. The smallest absolute Gasteiger partial charge is 0.366 e. The minimum Gasteiger partial charge on any atom is -0.366 e. The average molecular weight is 193 g/mol. The largest absolute Gasteiger partial charge is 0.373 e. The Kier molecular flexibility index (Phi) is 3.98. The molecule has 1 fully saturated rings. The van der Waals surface area contributed by atoms with Gasteiger partial charge in [0.1, 0.15) is 6.10 Å². The van der Waals surface area contributed by atoms with E-state index in [0.29, 0.717) is 6.10 Å². The van der Waals surface area contributed by atoms with E-state index in [9.17, 15) is 0 Å². The lowest BCUT2D eigenvalue weighted by Gasteiger charge is -1.96. The van der Waals surface area contributed by atoms with Crippen molar-refractivity contribution in [2.24, 2.45) is 0 Å². The second-order valence-corrected chi connectivity index (χ2v) is 2.85. The summed E-state index contributed by atoms with van der Waals surface area (Å²) >= 11 is 0. The molecule has 2 heterocycles. The van der Waals surface area contributed by atoms with Crippen LogP contribution in [0.5, 0.6) is 0 Å². The third-order valence-electron chi connectivity index (χ3n) is 1.92. The summed E-state index contributed by atoms with van der Waals surface area (Å²) in [5.41, 5.74) is 2.36. The van der Waals surface area contributed by atoms with Crippen molar-refractivity contribution >= 4 is 6.15 Å². The number of hydrogen-bond donors (Lipinski definition) is 0. The standard InChI is InChI=1S/C9H11NO.CO2/c1-2-7-3-4-8(10-5-7)9-6-11-9;2-1-3/h3-5,9H,2,6H2,1H3;. The molecule has 0 aliphatic carbocycles. The molecular formula is C10H11NO3. The van der Waals surface area contributed by atoms with E-state index in [4.69, 9.17) is 14.3 Å². The molecule has 0 aromatic carbocycles. The number of aromatic nitrogens is 1. The van der Waals surface area contributed by atoms with Gasteiger partial charge in [-0.3, -0.25) is 4.98 Å². The molecule has 1 unspecified atom stereocenters. The maximum absolute atomic E-state index is 8.12. The molecule has 14 heavy (non-hydrogen) atoms. The monoisotopic (exact) mass is 193 g/mol. The summed E-state index contributed by atoms with van der Waals surface area (Å²) in [5.74, 6) is 0. The van der Waals surface area contributed by atoms with Crippen molar-refractivity contribution in [2.45, 2.75) is 19.4 Å². The average Bonchev–Trinajstić information content (AvgIpc) is 3.03. The van der Waals surface area contributed by atoms with Gasteiger partial charge in [0.25, 0.3) is 0 Å². The molecular weight excluding hydrogens is 182 g/mol. The summed E-state index contributed by atoms with van der Waals surface area (Å²) in [5, 5.41) is 0. The molecule has 0 spiro atoms. The zero-order valence-corrected chi connectivity index (χ0v) is 7.90. The van der Waals surface area contributed by atoms with Crippen molar-refractivity contribution < 1.29 is 14.3 Å². The SMILES string of the molecule is CCc1ccc(C2CO2)nc1.O=C=O. The molecule has 2 rings (SSSR count). The molecule has 4 nitrogen and oxygen atoms in total. The van der Waals surface area contributed by atoms with Gasteiger partial charge in [-0.2, -0.15) is 9.59 Å². The Morgan fingerprint density at radius 2 is 2.21 bits per heavy atom. The molecule has 1 atom stereocenters. The van der Waals surface area contributed by atoms with Crippen molar-refractivity contribution in [3.63, 3.8) is 0 Å². The number of epoxide rings is 1. The van der Waals surface area contributed by atoms with Crippen LogP contribution in [0, 0.1) is 0 Å². The van der Waals surface area contributed by atoms with Crippen molar-refractivity contribution in [1.82, 2.24) is 4.98 Å². The van der Waals surface area contributed by atoms with Crippen LogP contribution in [-0.2, 0) is 20.7 Å². The number of aryl methyl sites for hydroxylation is 1. The van der Waals surface area contributed by atoms with Crippen LogP contribution in [0.4, 0.5) is 0 Å². The maximum Gasteiger partial charge on any atom is 0.373 e. The van der Waals surface area contributed by atoms with Gasteiger partial charge in [-0.1, -0.05) is 13.0 Å². The Balaban J connectivity index is 0.000000293. The van der Waals surface area contributed by atoms with Crippen molar-refractivity contribution in [1.29, 1.82) is 0 Å². The highest BCUT2D eigenvalue weighted by Gasteiger charge is 2.25. The fourth-order valence-corrected chi connectivity index (χ4v) is 1.05. The summed E-state index contributed by atoms with van der Waals surface area (Å²) in [6, 6.07) is 4.17. The van der Waals surface area contributed by atoms with Gasteiger partial charge in [0.2, 0.25) is 0 Å². The molecule has 0 N–H and O–H groups in total. The number of nitrogens with zero attached hydrogens (tertiary/aromatic N) is 1. The molecule has 0 saturated carbocycles. The molecule has 1 aromatic heterocycles. The molecule has 0 amide bonds. The minimum atomic E-state index is 0.250. The fraction of sp³-hybridized carbons (Fsp3) is 0.400. The van der Waals surface area contributed by atoms with Gasteiger partial charge in [0.05, 0.1) is 12.3 Å². The van der Waals surface area contributed by atoms with E-state index < -0.39 is 0 Å². The molecule has 4 heteroatoms. The zero-order chi connectivity index (χ0) is 10.4. The highest BCUT2D eigenvalue weighted by Crippen LogP contribution is 2.27. The predicted molar refractivity (Wildman–Crippen MR) is 47.3 cm³/mol. The summed E-state index contributed by atoms with van der Waals surface area (Å²) in [4.78, 5) is 20.5. The Hall–Kier alpha value is -1.51. The Morgan fingerprint density at radius 3 is 2.57 bits per heavy atom. The van der Waals surface area contributed by atoms with E-state index in [2.05, 4.69) is 24.0 Å². The van der Waals surface area contributed by atoms with E-state index in [1.807, 2.05) is 6.20 Å². The Bertz CT molecular complexity index is 311. The molecule has 74 valence electrons. The number of carbonyl (C=O) groups excluding carboxylic acids is 2. The lowest BCUT2D eigenvalue weighted by Crippen LogP contribution is -1.88. The van der Waals surface area contributed by atoms with Crippen molar-refractivity contribution in [2.75, 3.05) is 6.61 Å². The van der Waals surface area contributed by atoms with Crippen LogP contribution in [0.15, 0.2) is 18.3 Å². The topological polar surface area (TPSA) is 59.6 Å². The first-order valence-corrected chi connectivity index (χ1v) is 4.37. The fourth-order valence-electron chi connectivity index (χ4n) is 1.05. The number of rotatable bonds is 2. The van der Waals surface area contributed by atoms with Gasteiger partial charge in [-0.05, 0) is 18.1 Å². The van der Waals surface area contributed by atoms with Crippen molar-refractivity contribution in [3.05, 3.63) is 29.6 Å². The summed E-state index contributed by atoms with van der Waals surface area (Å²) < 4.78 is 5.11. The van der Waals surface area contributed by atoms with E-state index in [1.54, 1.807) is 0 Å². The number of pyridine rings is 1. The normalized spacial score (nSPS) is 17.6. The highest BCUT2D eigenvalue weighted by molar-refractivity contribution is 5.20. The van der Waals surface area contributed by atoms with Gasteiger partial charge < -0.3 is 4.74 Å². The maximum atomic E-state index is 8.12. The molecule has 0 bridgehead atoms. The van der Waals surface area contributed by atoms with E-state index in [0.717, 1.165) is 18.7 Å². The Morgan fingerprint density at radius 1 is 1.57 bits per heavy atom. The lowest BCUT2D eigenvalue weighted by atomic mass is 10.2. The van der Waals surface area contributed by atoms with E-state index in [-0.39, 0.29) is 6.15 Å². The van der Waals surface area contributed by atoms with Gasteiger partial charge in [-0.15, -0.1) is 0 Å². The molecule has 0 radical (unpaired) electrons. The summed E-state index contributed by atoms with van der Waals surface area (Å²) in [6.07, 6.45) is 3.52. The van der Waals surface area contributed by atoms with E-state index >= 15 is 0 Å². The van der Waals surface area contributed by atoms with Gasteiger partial charge in [0, 0.05) is 6.20 Å². The van der Waals surface area contributed by atoms with Crippen LogP contribution in [0.2, 0.25) is 0 Å². The van der Waals surface area contributed by atoms with Crippen LogP contribution in [0.1, 0.15) is 24.3 Å². The Labute approximate surface area is 81.9 Å². The van der Waals surface area contributed by atoms with Crippen molar-refractivity contribution in [3.8, 4) is 0 Å². The van der Waals surface area contributed by atoms with Crippen LogP contribution < -0.4 is 0 Å². The van der Waals surface area contributed by atoms with Crippen LogP contribution >= 0.6 is 0 Å². The first-order valence-electron chi connectivity index (χ1n) is 4.37. The van der Waals surface area contributed by atoms with E-state index in [1.165, 1.54) is 5.56 Å². The number of hydrogen-bond acceptors (Lipinski definition) is 4. The van der Waals surface area contributed by atoms with Crippen LogP contribution in [-0.4, -0.2) is 17.7 Å². The number of ether oxygens (including phenoxy) is 1. The minimum absolute atomic E-state index is 0.250. The first kappa shape index (κ1) is 10.6. The third-order valence-corrected chi connectivity index (χ3v) is 1.92.